The molecule has 1 heterocycles. The molecule has 0 bridgehead atoms. The third kappa shape index (κ3) is 4.63. The minimum Gasteiger partial charge on any atom is -0.316 e. The van der Waals surface area contributed by atoms with Crippen LogP contribution in [0.15, 0.2) is 12.4 Å². The van der Waals surface area contributed by atoms with E-state index in [9.17, 15) is 0 Å². The molecule has 0 aliphatic carbocycles. The lowest BCUT2D eigenvalue weighted by atomic mass is 10.4. The zero-order valence-corrected chi connectivity index (χ0v) is 8.53. The quantitative estimate of drug-likeness (QED) is 0.532. The summed E-state index contributed by atoms with van der Waals surface area (Å²) in [5, 5.41) is 10.9. The van der Waals surface area contributed by atoms with Gasteiger partial charge in [-0.1, -0.05) is 5.21 Å². The average molecular weight is 192 g/mol. The van der Waals surface area contributed by atoms with Crippen molar-refractivity contribution >= 4 is 0 Å². The number of nitrogens with zero attached hydrogens (tertiary/aromatic N) is 3. The molecule has 1 N–H and O–H groups in total. The van der Waals surface area contributed by atoms with E-state index >= 15 is 0 Å². The molecule has 4 heteroatoms. The van der Waals surface area contributed by atoms with Crippen molar-refractivity contribution in [3.63, 3.8) is 0 Å². The van der Waals surface area contributed by atoms with Crippen LogP contribution in [-0.2, 0) is 6.54 Å². The first-order valence-corrected chi connectivity index (χ1v) is 4.88. The Hall–Kier alpha value is -1.34. The van der Waals surface area contributed by atoms with Crippen LogP contribution < -0.4 is 5.32 Å². The molecule has 0 fully saturated rings. The van der Waals surface area contributed by atoms with Crippen LogP contribution in [0.2, 0.25) is 0 Å². The van der Waals surface area contributed by atoms with E-state index in [1.54, 1.807) is 6.20 Å². The first kappa shape index (κ1) is 10.7. The molecule has 0 radical (unpaired) electrons. The predicted molar refractivity (Wildman–Crippen MR) is 55.6 cm³/mol. The molecule has 0 aromatic carbocycles. The molecule has 0 aliphatic rings. The fraction of sp³-hybridized carbons (Fsp3) is 0.600. The highest BCUT2D eigenvalue weighted by molar-refractivity contribution is 4.94. The van der Waals surface area contributed by atoms with Gasteiger partial charge in [0, 0.05) is 25.7 Å². The summed E-state index contributed by atoms with van der Waals surface area (Å²) in [6.07, 6.45) is 5.58. The summed E-state index contributed by atoms with van der Waals surface area (Å²) < 4.78 is 1.84. The lowest BCUT2D eigenvalue weighted by Crippen LogP contribution is -2.18. The van der Waals surface area contributed by atoms with Crippen LogP contribution in [0.3, 0.4) is 0 Å². The van der Waals surface area contributed by atoms with Gasteiger partial charge in [0.1, 0.15) is 0 Å². The van der Waals surface area contributed by atoms with Gasteiger partial charge in [0.25, 0.3) is 0 Å². The third-order valence-electron chi connectivity index (χ3n) is 1.82. The minimum absolute atomic E-state index is 0.923. The van der Waals surface area contributed by atoms with E-state index in [0.717, 1.165) is 32.5 Å². The zero-order valence-electron chi connectivity index (χ0n) is 8.53. The van der Waals surface area contributed by atoms with Gasteiger partial charge >= 0.3 is 0 Å². The van der Waals surface area contributed by atoms with Crippen LogP contribution in [0.4, 0.5) is 0 Å². The van der Waals surface area contributed by atoms with Crippen LogP contribution in [-0.4, -0.2) is 28.1 Å². The van der Waals surface area contributed by atoms with Gasteiger partial charge < -0.3 is 5.32 Å². The molecule has 14 heavy (non-hydrogen) atoms. The maximum absolute atomic E-state index is 3.88. The fourth-order valence-corrected chi connectivity index (χ4v) is 1.12. The van der Waals surface area contributed by atoms with Gasteiger partial charge in [-0.3, -0.25) is 4.68 Å². The van der Waals surface area contributed by atoms with Crippen LogP contribution in [0, 0.1) is 11.8 Å². The molecule has 0 amide bonds. The van der Waals surface area contributed by atoms with Crippen molar-refractivity contribution < 1.29 is 0 Å². The second kappa shape index (κ2) is 7.10. The van der Waals surface area contributed by atoms with Crippen LogP contribution >= 0.6 is 0 Å². The second-order valence-corrected chi connectivity index (χ2v) is 2.95. The van der Waals surface area contributed by atoms with Gasteiger partial charge in [-0.2, -0.15) is 0 Å². The molecule has 0 unspecified atom stereocenters. The van der Waals surface area contributed by atoms with E-state index < -0.39 is 0 Å². The van der Waals surface area contributed by atoms with Gasteiger partial charge in [-0.05, 0) is 19.9 Å². The number of nitrogens with one attached hydrogen (secondary N) is 1. The van der Waals surface area contributed by atoms with Crippen molar-refractivity contribution in [2.75, 3.05) is 13.1 Å². The van der Waals surface area contributed by atoms with Crippen molar-refractivity contribution in [3.05, 3.63) is 12.4 Å². The molecule has 0 atom stereocenters. The summed E-state index contributed by atoms with van der Waals surface area (Å²) in [6.45, 7) is 4.76. The first-order valence-electron chi connectivity index (χ1n) is 4.88. The highest BCUT2D eigenvalue weighted by atomic mass is 15.4. The largest absolute Gasteiger partial charge is 0.316 e. The van der Waals surface area contributed by atoms with Gasteiger partial charge in [0.05, 0.1) is 6.20 Å². The van der Waals surface area contributed by atoms with E-state index in [2.05, 4.69) is 27.5 Å². The number of hydrogen-bond donors (Lipinski definition) is 1. The van der Waals surface area contributed by atoms with E-state index in [4.69, 9.17) is 0 Å². The smallest absolute Gasteiger partial charge is 0.0692 e. The SMILES string of the molecule is CC#CCCNCCCn1ccnn1. The summed E-state index contributed by atoms with van der Waals surface area (Å²) in [5.41, 5.74) is 0. The maximum Gasteiger partial charge on any atom is 0.0692 e. The Balaban J connectivity index is 1.91. The van der Waals surface area contributed by atoms with Crippen LogP contribution in [0.1, 0.15) is 19.8 Å². The molecule has 4 nitrogen and oxygen atoms in total. The predicted octanol–water partition coefficient (Wildman–Crippen LogP) is 0.671. The summed E-state index contributed by atoms with van der Waals surface area (Å²) >= 11 is 0. The monoisotopic (exact) mass is 192 g/mol. The summed E-state index contributed by atoms with van der Waals surface area (Å²) in [7, 11) is 0. The van der Waals surface area contributed by atoms with E-state index in [-0.39, 0.29) is 0 Å². The van der Waals surface area contributed by atoms with Crippen molar-refractivity contribution in [1.82, 2.24) is 20.3 Å². The third-order valence-corrected chi connectivity index (χ3v) is 1.82. The summed E-state index contributed by atoms with van der Waals surface area (Å²) in [4.78, 5) is 0. The minimum atomic E-state index is 0.923. The maximum atomic E-state index is 3.88. The van der Waals surface area contributed by atoms with Gasteiger partial charge in [0.15, 0.2) is 0 Å². The molecular weight excluding hydrogens is 176 g/mol. The van der Waals surface area contributed by atoms with Crippen molar-refractivity contribution in [1.29, 1.82) is 0 Å². The van der Waals surface area contributed by atoms with E-state index in [0.29, 0.717) is 0 Å². The van der Waals surface area contributed by atoms with Crippen LogP contribution in [0.25, 0.3) is 0 Å². The molecule has 1 aromatic rings. The van der Waals surface area contributed by atoms with Gasteiger partial charge in [-0.25, -0.2) is 0 Å². The fourth-order valence-electron chi connectivity index (χ4n) is 1.12. The number of aryl methyl sites for hydroxylation is 1. The van der Waals surface area contributed by atoms with E-state index in [1.807, 2.05) is 17.8 Å². The summed E-state index contributed by atoms with van der Waals surface area (Å²) in [5.74, 6) is 5.88. The lowest BCUT2D eigenvalue weighted by Gasteiger charge is -2.01. The number of rotatable bonds is 6. The normalized spacial score (nSPS) is 9.50. The highest BCUT2D eigenvalue weighted by Gasteiger charge is 1.90. The first-order chi connectivity index (χ1) is 6.93. The molecule has 0 aliphatic heterocycles. The van der Waals surface area contributed by atoms with Gasteiger partial charge in [0.2, 0.25) is 0 Å². The Morgan fingerprint density at radius 1 is 1.43 bits per heavy atom. The lowest BCUT2D eigenvalue weighted by molar-refractivity contribution is 0.533. The summed E-state index contributed by atoms with van der Waals surface area (Å²) in [6, 6.07) is 0. The number of hydrogen-bond acceptors (Lipinski definition) is 3. The standard InChI is InChI=1S/C10H16N4/c1-2-3-4-6-11-7-5-9-14-10-8-12-13-14/h8,10-11H,4-7,9H2,1H3. The van der Waals surface area contributed by atoms with E-state index in [1.165, 1.54) is 0 Å². The number of aromatic nitrogens is 3. The molecule has 76 valence electrons. The second-order valence-electron chi connectivity index (χ2n) is 2.95. The molecule has 0 saturated carbocycles. The molecule has 1 aromatic heterocycles. The zero-order chi connectivity index (χ0) is 10.1. The van der Waals surface area contributed by atoms with Crippen molar-refractivity contribution in [3.8, 4) is 11.8 Å². The topological polar surface area (TPSA) is 42.7 Å². The molecular formula is C10H16N4. The Kier molecular flexibility index (Phi) is 5.45. The molecule has 0 spiro atoms. The Labute approximate surface area is 84.7 Å². The van der Waals surface area contributed by atoms with Crippen LogP contribution in [0.5, 0.6) is 0 Å². The Bertz CT molecular complexity index is 281. The Morgan fingerprint density at radius 2 is 2.36 bits per heavy atom. The van der Waals surface area contributed by atoms with Crippen molar-refractivity contribution in [2.24, 2.45) is 0 Å². The van der Waals surface area contributed by atoms with Crippen molar-refractivity contribution in [2.45, 2.75) is 26.3 Å². The molecule has 0 saturated heterocycles. The molecule has 1 rings (SSSR count). The highest BCUT2D eigenvalue weighted by Crippen LogP contribution is 1.85. The Morgan fingerprint density at radius 3 is 3.07 bits per heavy atom. The van der Waals surface area contributed by atoms with Gasteiger partial charge in [-0.15, -0.1) is 16.9 Å². The average Bonchev–Trinajstić information content (AvgIpc) is 2.69.